The van der Waals surface area contributed by atoms with E-state index >= 15 is 0 Å². The summed E-state index contributed by atoms with van der Waals surface area (Å²) >= 11 is 0. The Morgan fingerprint density at radius 1 is 0.920 bits per heavy atom. The average molecular weight is 368 g/mol. The van der Waals surface area contributed by atoms with Crippen LogP contribution in [-0.2, 0) is 23.1 Å². The van der Waals surface area contributed by atoms with Crippen LogP contribution in [0.15, 0.2) is 47.4 Å². The molecule has 0 atom stereocenters. The molecule has 0 heterocycles. The second-order valence-electron chi connectivity index (χ2n) is 5.68. The van der Waals surface area contributed by atoms with Crippen LogP contribution in [0.25, 0.3) is 0 Å². The third-order valence-electron chi connectivity index (χ3n) is 3.99. The molecule has 0 bridgehead atoms. The summed E-state index contributed by atoms with van der Waals surface area (Å²) in [5.41, 5.74) is 1.94. The van der Waals surface area contributed by atoms with Gasteiger partial charge in [-0.2, -0.15) is 0 Å². The molecule has 2 rings (SSSR count). The van der Waals surface area contributed by atoms with Gasteiger partial charge in [0.15, 0.2) is 11.6 Å². The van der Waals surface area contributed by atoms with E-state index in [1.165, 1.54) is 0 Å². The van der Waals surface area contributed by atoms with E-state index in [4.69, 9.17) is 0 Å². The van der Waals surface area contributed by atoms with Crippen molar-refractivity contribution in [2.24, 2.45) is 0 Å². The van der Waals surface area contributed by atoms with Gasteiger partial charge in [-0.15, -0.1) is 0 Å². The van der Waals surface area contributed by atoms with Gasteiger partial charge in [-0.3, -0.25) is 4.90 Å². The Morgan fingerprint density at radius 3 is 2.08 bits per heavy atom. The summed E-state index contributed by atoms with van der Waals surface area (Å²) < 4.78 is 52.8. The fourth-order valence-corrected chi connectivity index (χ4v) is 3.40. The van der Waals surface area contributed by atoms with E-state index in [2.05, 4.69) is 23.5 Å². The molecule has 2 aromatic carbocycles. The maximum Gasteiger partial charge on any atom is 0.240 e. The molecule has 2 aromatic rings. The van der Waals surface area contributed by atoms with Crippen LogP contribution in [0.4, 0.5) is 8.78 Å². The normalized spacial score (nSPS) is 11.9. The molecular formula is C18H22F2N2O2S. The van der Waals surface area contributed by atoms with Crippen molar-refractivity contribution in [2.75, 3.05) is 13.1 Å². The van der Waals surface area contributed by atoms with Crippen LogP contribution in [-0.4, -0.2) is 26.4 Å². The highest BCUT2D eigenvalue weighted by atomic mass is 32.2. The topological polar surface area (TPSA) is 49.4 Å². The second-order valence-corrected chi connectivity index (χ2v) is 7.45. The van der Waals surface area contributed by atoms with Crippen molar-refractivity contribution in [3.8, 4) is 0 Å². The van der Waals surface area contributed by atoms with E-state index in [1.807, 2.05) is 24.3 Å². The molecule has 136 valence electrons. The molecule has 0 saturated carbocycles. The summed E-state index contributed by atoms with van der Waals surface area (Å²) in [4.78, 5) is 1.98. The highest BCUT2D eigenvalue weighted by Crippen LogP contribution is 2.14. The standard InChI is InChI=1S/C18H22F2N2O2S/c1-3-22(4-2)13-15-7-5-14(6-8-15)12-21-25(23,24)16-9-10-17(19)18(20)11-16/h5-11,21H,3-4,12-13H2,1-2H3. The molecule has 7 heteroatoms. The van der Waals surface area contributed by atoms with E-state index < -0.39 is 21.7 Å². The van der Waals surface area contributed by atoms with Crippen LogP contribution in [0.1, 0.15) is 25.0 Å². The van der Waals surface area contributed by atoms with Crippen LogP contribution in [0.2, 0.25) is 0 Å². The van der Waals surface area contributed by atoms with E-state index in [-0.39, 0.29) is 11.4 Å². The molecule has 1 N–H and O–H groups in total. The number of nitrogens with one attached hydrogen (secondary N) is 1. The highest BCUT2D eigenvalue weighted by molar-refractivity contribution is 7.89. The molecule has 25 heavy (non-hydrogen) atoms. The van der Waals surface area contributed by atoms with Crippen LogP contribution in [0.5, 0.6) is 0 Å². The number of sulfonamides is 1. The third kappa shape index (κ3) is 5.32. The van der Waals surface area contributed by atoms with Crippen molar-refractivity contribution in [3.63, 3.8) is 0 Å². The summed E-state index contributed by atoms with van der Waals surface area (Å²) in [7, 11) is -3.90. The van der Waals surface area contributed by atoms with Crippen molar-refractivity contribution in [3.05, 3.63) is 65.2 Å². The lowest BCUT2D eigenvalue weighted by Gasteiger charge is -2.18. The molecule has 0 unspecified atom stereocenters. The predicted octanol–water partition coefficient (Wildman–Crippen LogP) is 3.29. The lowest BCUT2D eigenvalue weighted by molar-refractivity contribution is 0.296. The molecule has 0 aliphatic heterocycles. The summed E-state index contributed by atoms with van der Waals surface area (Å²) in [5.74, 6) is -2.27. The molecule has 0 spiro atoms. The minimum Gasteiger partial charge on any atom is -0.300 e. The van der Waals surface area contributed by atoms with Gasteiger partial charge in [0.25, 0.3) is 0 Å². The molecule has 0 aliphatic carbocycles. The van der Waals surface area contributed by atoms with Gasteiger partial charge in [0.05, 0.1) is 4.90 Å². The van der Waals surface area contributed by atoms with Crippen molar-refractivity contribution < 1.29 is 17.2 Å². The Labute approximate surface area is 147 Å². The van der Waals surface area contributed by atoms with Gasteiger partial charge < -0.3 is 0 Å². The van der Waals surface area contributed by atoms with E-state index in [9.17, 15) is 17.2 Å². The summed E-state index contributed by atoms with van der Waals surface area (Å²) in [6.45, 7) is 7.05. The molecule has 0 radical (unpaired) electrons. The molecular weight excluding hydrogens is 346 g/mol. The van der Waals surface area contributed by atoms with Crippen molar-refractivity contribution in [2.45, 2.75) is 31.8 Å². The summed E-state index contributed by atoms with van der Waals surface area (Å²) in [6.07, 6.45) is 0. The average Bonchev–Trinajstić information content (AvgIpc) is 2.61. The SMILES string of the molecule is CCN(CC)Cc1ccc(CNS(=O)(=O)c2ccc(F)c(F)c2)cc1. The fourth-order valence-electron chi connectivity index (χ4n) is 2.37. The largest absolute Gasteiger partial charge is 0.300 e. The second kappa shape index (κ2) is 8.51. The Kier molecular flexibility index (Phi) is 6.64. The molecule has 0 aliphatic rings. The zero-order valence-corrected chi connectivity index (χ0v) is 15.1. The first kappa shape index (κ1) is 19.5. The van der Waals surface area contributed by atoms with Crippen LogP contribution in [0, 0.1) is 11.6 Å². The minimum absolute atomic E-state index is 0.0763. The van der Waals surface area contributed by atoms with Crippen LogP contribution in [0.3, 0.4) is 0 Å². The smallest absolute Gasteiger partial charge is 0.240 e. The molecule has 0 fully saturated rings. The first-order chi connectivity index (χ1) is 11.9. The quantitative estimate of drug-likeness (QED) is 0.778. The molecule has 0 aromatic heterocycles. The number of benzene rings is 2. The van der Waals surface area contributed by atoms with Crippen LogP contribution >= 0.6 is 0 Å². The Balaban J connectivity index is 2.01. The minimum atomic E-state index is -3.90. The van der Waals surface area contributed by atoms with Crippen molar-refractivity contribution in [1.29, 1.82) is 0 Å². The maximum atomic E-state index is 13.2. The fraction of sp³-hybridized carbons (Fsp3) is 0.333. The van der Waals surface area contributed by atoms with Gasteiger partial charge in [-0.1, -0.05) is 38.1 Å². The van der Waals surface area contributed by atoms with Crippen LogP contribution < -0.4 is 4.72 Å². The molecule has 0 amide bonds. The van der Waals surface area contributed by atoms with E-state index in [0.717, 1.165) is 42.9 Å². The zero-order chi connectivity index (χ0) is 18.4. The monoisotopic (exact) mass is 368 g/mol. The van der Waals surface area contributed by atoms with Gasteiger partial charge >= 0.3 is 0 Å². The number of hydrogen-bond acceptors (Lipinski definition) is 3. The Bertz CT molecular complexity index is 804. The number of nitrogens with zero attached hydrogens (tertiary/aromatic N) is 1. The lowest BCUT2D eigenvalue weighted by atomic mass is 10.1. The van der Waals surface area contributed by atoms with E-state index in [0.29, 0.717) is 6.07 Å². The maximum absolute atomic E-state index is 13.2. The van der Waals surface area contributed by atoms with Gasteiger partial charge in [-0.25, -0.2) is 21.9 Å². The number of rotatable bonds is 8. The molecule has 4 nitrogen and oxygen atoms in total. The van der Waals surface area contributed by atoms with Crippen molar-refractivity contribution >= 4 is 10.0 Å². The number of hydrogen-bond donors (Lipinski definition) is 1. The van der Waals surface area contributed by atoms with Gasteiger partial charge in [0, 0.05) is 13.1 Å². The Hall–Kier alpha value is -1.83. The number of halogens is 2. The summed E-state index contributed by atoms with van der Waals surface area (Å²) in [6, 6.07) is 10.1. The van der Waals surface area contributed by atoms with Crippen molar-refractivity contribution in [1.82, 2.24) is 9.62 Å². The van der Waals surface area contributed by atoms with E-state index in [1.54, 1.807) is 0 Å². The third-order valence-corrected chi connectivity index (χ3v) is 5.39. The summed E-state index contributed by atoms with van der Waals surface area (Å²) in [5, 5.41) is 0. The predicted molar refractivity (Wildman–Crippen MR) is 93.5 cm³/mol. The first-order valence-electron chi connectivity index (χ1n) is 8.10. The highest BCUT2D eigenvalue weighted by Gasteiger charge is 2.16. The van der Waals surface area contributed by atoms with Gasteiger partial charge in [0.2, 0.25) is 10.0 Å². The van der Waals surface area contributed by atoms with Gasteiger partial charge in [0.1, 0.15) is 0 Å². The molecule has 0 saturated heterocycles. The first-order valence-corrected chi connectivity index (χ1v) is 9.59. The van der Waals surface area contributed by atoms with Gasteiger partial charge in [-0.05, 0) is 42.4 Å². The lowest BCUT2D eigenvalue weighted by Crippen LogP contribution is -2.23. The zero-order valence-electron chi connectivity index (χ0n) is 14.3. The Morgan fingerprint density at radius 2 is 1.52 bits per heavy atom.